The molecular formula is C56H64F4N6O4. The van der Waals surface area contributed by atoms with Gasteiger partial charge >= 0.3 is 0 Å². The summed E-state index contributed by atoms with van der Waals surface area (Å²) in [6.45, 7) is 1.09. The second kappa shape index (κ2) is 23.4. The number of ether oxygens (including phenoxy) is 2. The maximum absolute atomic E-state index is 14.0. The fourth-order valence-corrected chi connectivity index (χ4v) is 10.4. The molecule has 8 rings (SSSR count). The van der Waals surface area contributed by atoms with Gasteiger partial charge in [0.05, 0.1) is 25.3 Å². The number of aromatic nitrogens is 2. The standard InChI is InChI=1S/C56H64F4N6O4/c1-69-51-25-21-43-45(19-11-37(53(43)65-51)31-49(61)33-7-15-41(16-8-33)63-27-3-5-35-29-39(57)13-23-47(35)59)55(67)56(68)46-20-12-38(54-44(46)22-26-52(66-54)70-2)32-50(62)34-9-17-42(18-10-34)64-28-4-6-36-30-40(58)14-24-48(36)60/h3-6,11-14,19-26,29-30,33-34,41-42,49-50,55-56,63-64,67-68H,7-10,15-18,27-28,31-32,61-62H2,1-2H3/b5-3+,6-4+/t33-,34-,41-,42-,49-,50+,55?,56?. The van der Waals surface area contributed by atoms with E-state index in [2.05, 4.69) is 10.6 Å². The number of nitrogens with two attached hydrogens (primary N) is 2. The zero-order chi connectivity index (χ0) is 49.3. The van der Waals surface area contributed by atoms with Crippen LogP contribution >= 0.6 is 0 Å². The molecule has 0 radical (unpaired) electrons. The van der Waals surface area contributed by atoms with Crippen molar-refractivity contribution < 1.29 is 37.2 Å². The van der Waals surface area contributed by atoms with E-state index >= 15 is 0 Å². The highest BCUT2D eigenvalue weighted by molar-refractivity contribution is 5.88. The number of nitrogens with one attached hydrogen (secondary N) is 2. The van der Waals surface area contributed by atoms with Gasteiger partial charge in [-0.3, -0.25) is 0 Å². The molecule has 2 saturated carbocycles. The summed E-state index contributed by atoms with van der Waals surface area (Å²) in [5.41, 5.74) is 18.5. The number of methoxy groups -OCH3 is 2. The number of hydrogen-bond acceptors (Lipinski definition) is 10. The summed E-state index contributed by atoms with van der Waals surface area (Å²) in [6.07, 6.45) is 12.8. The van der Waals surface area contributed by atoms with Crippen LogP contribution in [-0.2, 0) is 12.8 Å². The Morgan fingerprint density at radius 1 is 0.571 bits per heavy atom. The molecule has 4 aromatic carbocycles. The van der Waals surface area contributed by atoms with E-state index < -0.39 is 35.5 Å². The summed E-state index contributed by atoms with van der Waals surface area (Å²) < 4.78 is 66.2. The highest BCUT2D eigenvalue weighted by Gasteiger charge is 2.30. The van der Waals surface area contributed by atoms with Crippen molar-refractivity contribution in [2.45, 2.75) is 101 Å². The van der Waals surface area contributed by atoms with Crippen molar-refractivity contribution in [2.24, 2.45) is 23.3 Å². The zero-order valence-electron chi connectivity index (χ0n) is 39.8. The van der Waals surface area contributed by atoms with Crippen molar-refractivity contribution in [2.75, 3.05) is 27.3 Å². The molecule has 0 amide bonds. The van der Waals surface area contributed by atoms with E-state index in [-0.39, 0.29) is 35.0 Å². The lowest BCUT2D eigenvalue weighted by Gasteiger charge is -2.33. The highest BCUT2D eigenvalue weighted by Crippen LogP contribution is 2.39. The van der Waals surface area contributed by atoms with Crippen LogP contribution in [0, 0.1) is 35.1 Å². The van der Waals surface area contributed by atoms with Crippen LogP contribution in [0.25, 0.3) is 34.0 Å². The zero-order valence-corrected chi connectivity index (χ0v) is 39.8. The van der Waals surface area contributed by atoms with Crippen LogP contribution in [-0.4, -0.2) is 71.7 Å². The van der Waals surface area contributed by atoms with E-state index in [4.69, 9.17) is 30.9 Å². The molecule has 6 aromatic rings. The van der Waals surface area contributed by atoms with E-state index in [1.165, 1.54) is 12.1 Å². The van der Waals surface area contributed by atoms with Crippen molar-refractivity contribution in [1.29, 1.82) is 0 Å². The first-order chi connectivity index (χ1) is 33.9. The van der Waals surface area contributed by atoms with Crippen molar-refractivity contribution >= 4 is 34.0 Å². The average Bonchev–Trinajstić information content (AvgIpc) is 3.38. The second-order valence-corrected chi connectivity index (χ2v) is 18.9. The number of fused-ring (bicyclic) bond motifs is 2. The Morgan fingerprint density at radius 2 is 0.971 bits per heavy atom. The van der Waals surface area contributed by atoms with Gasteiger partial charge in [0.1, 0.15) is 35.5 Å². The van der Waals surface area contributed by atoms with Crippen LogP contribution in [0.3, 0.4) is 0 Å². The minimum absolute atomic E-state index is 0.147. The molecule has 2 fully saturated rings. The lowest BCUT2D eigenvalue weighted by atomic mass is 9.79. The monoisotopic (exact) mass is 960 g/mol. The third-order valence-electron chi connectivity index (χ3n) is 14.5. The highest BCUT2D eigenvalue weighted by atomic mass is 19.1. The first kappa shape index (κ1) is 50.6. The molecule has 0 spiro atoms. The largest absolute Gasteiger partial charge is 0.481 e. The van der Waals surface area contributed by atoms with Gasteiger partial charge in [-0.1, -0.05) is 48.6 Å². The Labute approximate surface area is 407 Å². The van der Waals surface area contributed by atoms with Crippen molar-refractivity contribution in [1.82, 2.24) is 20.6 Å². The third-order valence-corrected chi connectivity index (χ3v) is 14.5. The van der Waals surface area contributed by atoms with E-state index in [0.29, 0.717) is 82.7 Å². The van der Waals surface area contributed by atoms with Crippen LogP contribution < -0.4 is 31.6 Å². The Morgan fingerprint density at radius 3 is 1.36 bits per heavy atom. The van der Waals surface area contributed by atoms with Gasteiger partial charge in [-0.2, -0.15) is 0 Å². The van der Waals surface area contributed by atoms with Crippen LogP contribution in [0.15, 0.2) is 97.1 Å². The lowest BCUT2D eigenvalue weighted by Crippen LogP contribution is -2.39. The number of rotatable bonds is 19. The number of pyridine rings is 2. The SMILES string of the molecule is COc1ccc2c(C(O)C(O)c3ccc(C[C@H](N)[C@H]4CC[C@H](NC/C=C/c5cc(F)ccc5F)CC4)c4nc(OC)ccc34)ccc(C[C@@H](N)[C@H]3CC[C@H](NC/C=C/c4cc(F)ccc4F)CC3)c2n1. The van der Waals surface area contributed by atoms with Crippen LogP contribution in [0.1, 0.15) is 97.0 Å². The van der Waals surface area contributed by atoms with Gasteiger partial charge in [-0.25, -0.2) is 27.5 Å². The summed E-state index contributed by atoms with van der Waals surface area (Å²) in [4.78, 5) is 9.68. The summed E-state index contributed by atoms with van der Waals surface area (Å²) >= 11 is 0. The fourth-order valence-electron chi connectivity index (χ4n) is 10.4. The Kier molecular flexibility index (Phi) is 17.0. The van der Waals surface area contributed by atoms with Crippen LogP contribution in [0.4, 0.5) is 17.6 Å². The molecule has 10 nitrogen and oxygen atoms in total. The van der Waals surface area contributed by atoms with Crippen molar-refractivity contribution in [3.8, 4) is 11.8 Å². The smallest absolute Gasteiger partial charge is 0.213 e. The van der Waals surface area contributed by atoms with Gasteiger partial charge in [0.2, 0.25) is 11.8 Å². The predicted molar refractivity (Wildman–Crippen MR) is 268 cm³/mol. The molecule has 8 N–H and O–H groups in total. The number of halogens is 4. The Balaban J connectivity index is 0.907. The first-order valence-corrected chi connectivity index (χ1v) is 24.4. The van der Waals surface area contributed by atoms with Crippen molar-refractivity contribution in [3.63, 3.8) is 0 Å². The maximum atomic E-state index is 14.0. The molecule has 0 saturated heterocycles. The number of hydrogen-bond donors (Lipinski definition) is 6. The van der Waals surface area contributed by atoms with E-state index in [0.717, 1.165) is 86.8 Å². The topological polar surface area (TPSA) is 161 Å². The average molecular weight is 961 g/mol. The number of benzene rings is 4. The molecule has 70 heavy (non-hydrogen) atoms. The molecule has 0 bridgehead atoms. The normalized spacial score (nSPS) is 20.5. The van der Waals surface area contributed by atoms with Crippen LogP contribution in [0.5, 0.6) is 11.8 Å². The fraction of sp³-hybridized carbons (Fsp3) is 0.393. The van der Waals surface area contributed by atoms with Gasteiger partial charge in [0, 0.05) is 71.3 Å². The molecular weight excluding hydrogens is 897 g/mol. The third kappa shape index (κ3) is 12.2. The maximum Gasteiger partial charge on any atom is 0.213 e. The van der Waals surface area contributed by atoms with Gasteiger partial charge in [-0.05, 0) is 147 Å². The predicted octanol–water partition coefficient (Wildman–Crippen LogP) is 9.59. The summed E-state index contributed by atoms with van der Waals surface area (Å²) in [5, 5.41) is 32.5. The van der Waals surface area contributed by atoms with Crippen LogP contribution in [0.2, 0.25) is 0 Å². The molecule has 4 atom stereocenters. The lowest BCUT2D eigenvalue weighted by molar-refractivity contribution is 0.0190. The number of aliphatic hydroxyl groups excluding tert-OH is 2. The number of aliphatic hydroxyl groups is 2. The Hall–Kier alpha value is -5.74. The molecule has 0 aliphatic heterocycles. The van der Waals surface area contributed by atoms with Crippen molar-refractivity contribution in [3.05, 3.63) is 154 Å². The minimum Gasteiger partial charge on any atom is -0.481 e. The molecule has 2 heterocycles. The molecule has 2 unspecified atom stereocenters. The Bertz CT molecular complexity index is 2610. The van der Waals surface area contributed by atoms with Gasteiger partial charge in [0.15, 0.2) is 0 Å². The molecule has 14 heteroatoms. The number of nitrogens with zero attached hydrogens (tertiary/aromatic N) is 2. The molecule has 2 aliphatic carbocycles. The quantitative estimate of drug-likeness (QED) is 0.0432. The van der Waals surface area contributed by atoms with Gasteiger partial charge in [-0.15, -0.1) is 0 Å². The van der Waals surface area contributed by atoms with Gasteiger partial charge in [0.25, 0.3) is 0 Å². The van der Waals surface area contributed by atoms with Gasteiger partial charge < -0.3 is 41.8 Å². The molecule has 370 valence electrons. The molecule has 2 aromatic heterocycles. The summed E-state index contributed by atoms with van der Waals surface area (Å²) in [6, 6.07) is 21.9. The molecule has 2 aliphatic rings. The summed E-state index contributed by atoms with van der Waals surface area (Å²) in [5.74, 6) is -0.465. The van der Waals surface area contributed by atoms with E-state index in [1.54, 1.807) is 38.5 Å². The van der Waals surface area contributed by atoms with E-state index in [1.807, 2.05) is 48.6 Å². The second-order valence-electron chi connectivity index (χ2n) is 18.9. The first-order valence-electron chi connectivity index (χ1n) is 24.4. The minimum atomic E-state index is -1.33. The van der Waals surface area contributed by atoms with E-state index in [9.17, 15) is 27.8 Å². The summed E-state index contributed by atoms with van der Waals surface area (Å²) in [7, 11) is 3.12.